The van der Waals surface area contributed by atoms with Crippen LogP contribution in [0.25, 0.3) is 0 Å². The molecular weight excluding hydrogens is 404 g/mol. The Morgan fingerprint density at radius 2 is 1.68 bits per heavy atom. The lowest BCUT2D eigenvalue weighted by atomic mass is 10.1. The van der Waals surface area contributed by atoms with Crippen molar-refractivity contribution in [3.05, 3.63) is 42.0 Å². The Balaban J connectivity index is 1.45. The number of benzene rings is 2. The highest BCUT2D eigenvalue weighted by Crippen LogP contribution is 2.38. The van der Waals surface area contributed by atoms with Gasteiger partial charge in [0.2, 0.25) is 11.7 Å². The Labute approximate surface area is 180 Å². The lowest BCUT2D eigenvalue weighted by Gasteiger charge is -2.26. The first kappa shape index (κ1) is 22.1. The summed E-state index contributed by atoms with van der Waals surface area (Å²) >= 11 is 0. The van der Waals surface area contributed by atoms with E-state index in [9.17, 15) is 9.59 Å². The van der Waals surface area contributed by atoms with Crippen LogP contribution in [0.15, 0.2) is 36.4 Å². The van der Waals surface area contributed by atoms with Gasteiger partial charge < -0.3 is 34.3 Å². The minimum absolute atomic E-state index is 0.125. The maximum atomic E-state index is 12.5. The SMILES string of the molecule is COc1cc(C(=O)NCCC(=O)NC[C@@H]2COc3ccccc3O2)cc(OC)c1OC. The normalized spacial score (nSPS) is 14.4. The van der Waals surface area contributed by atoms with E-state index in [1.807, 2.05) is 24.3 Å². The summed E-state index contributed by atoms with van der Waals surface area (Å²) in [6, 6.07) is 10.5. The lowest BCUT2D eigenvalue weighted by Crippen LogP contribution is -2.41. The summed E-state index contributed by atoms with van der Waals surface area (Å²) in [5.41, 5.74) is 0.335. The largest absolute Gasteiger partial charge is 0.493 e. The molecule has 0 saturated carbocycles. The van der Waals surface area contributed by atoms with Gasteiger partial charge in [0.15, 0.2) is 23.0 Å². The van der Waals surface area contributed by atoms with E-state index >= 15 is 0 Å². The van der Waals surface area contributed by atoms with Gasteiger partial charge in [0.1, 0.15) is 12.7 Å². The van der Waals surface area contributed by atoms with Gasteiger partial charge in [-0.15, -0.1) is 0 Å². The molecule has 0 saturated heterocycles. The molecule has 0 aromatic heterocycles. The first-order chi connectivity index (χ1) is 15.0. The Kier molecular flexibility index (Phi) is 7.42. The van der Waals surface area contributed by atoms with Gasteiger partial charge in [0.25, 0.3) is 5.91 Å². The zero-order chi connectivity index (χ0) is 22.2. The third kappa shape index (κ3) is 5.50. The van der Waals surface area contributed by atoms with Crippen LogP contribution < -0.4 is 34.3 Å². The van der Waals surface area contributed by atoms with Crippen LogP contribution >= 0.6 is 0 Å². The maximum absolute atomic E-state index is 12.5. The Bertz CT molecular complexity index is 907. The van der Waals surface area contributed by atoms with Gasteiger partial charge in [-0.05, 0) is 24.3 Å². The number of carbonyl (C=O) groups excluding carboxylic acids is 2. The molecule has 1 heterocycles. The lowest BCUT2D eigenvalue weighted by molar-refractivity contribution is -0.121. The van der Waals surface area contributed by atoms with Crippen LogP contribution in [0.4, 0.5) is 0 Å². The van der Waals surface area contributed by atoms with E-state index in [0.29, 0.717) is 47.5 Å². The molecule has 2 aromatic carbocycles. The van der Waals surface area contributed by atoms with E-state index < -0.39 is 0 Å². The van der Waals surface area contributed by atoms with Crippen LogP contribution in [0.5, 0.6) is 28.7 Å². The molecule has 2 amide bonds. The zero-order valence-corrected chi connectivity index (χ0v) is 17.7. The van der Waals surface area contributed by atoms with Crippen molar-refractivity contribution in [3.63, 3.8) is 0 Å². The number of ether oxygens (including phenoxy) is 5. The van der Waals surface area contributed by atoms with Crippen molar-refractivity contribution in [1.82, 2.24) is 10.6 Å². The van der Waals surface area contributed by atoms with E-state index in [1.165, 1.54) is 21.3 Å². The van der Waals surface area contributed by atoms with Crippen LogP contribution in [0.3, 0.4) is 0 Å². The summed E-state index contributed by atoms with van der Waals surface area (Å²) < 4.78 is 27.2. The van der Waals surface area contributed by atoms with Gasteiger partial charge in [-0.1, -0.05) is 12.1 Å². The highest BCUT2D eigenvalue weighted by molar-refractivity contribution is 5.95. The predicted octanol–water partition coefficient (Wildman–Crippen LogP) is 1.79. The second-order valence-corrected chi connectivity index (χ2v) is 6.72. The minimum atomic E-state index is -0.354. The number of rotatable bonds is 9. The van der Waals surface area contributed by atoms with Crippen LogP contribution in [0, 0.1) is 0 Å². The number of amides is 2. The number of methoxy groups -OCH3 is 3. The zero-order valence-electron chi connectivity index (χ0n) is 17.7. The first-order valence-corrected chi connectivity index (χ1v) is 9.79. The van der Waals surface area contributed by atoms with Gasteiger partial charge in [-0.3, -0.25) is 9.59 Å². The second kappa shape index (κ2) is 10.4. The van der Waals surface area contributed by atoms with Gasteiger partial charge in [0.05, 0.1) is 27.9 Å². The van der Waals surface area contributed by atoms with Gasteiger partial charge in [-0.2, -0.15) is 0 Å². The maximum Gasteiger partial charge on any atom is 0.251 e. The standard InChI is InChI=1S/C22H26N2O7/c1-27-18-10-14(11-19(28-2)21(18)29-3)22(26)23-9-8-20(25)24-12-15-13-30-16-6-4-5-7-17(16)31-15/h4-7,10-11,15H,8-9,12-13H2,1-3H3,(H,23,26)(H,24,25)/t15-/m1/s1. The molecule has 31 heavy (non-hydrogen) atoms. The smallest absolute Gasteiger partial charge is 0.251 e. The number of fused-ring (bicyclic) bond motifs is 1. The average molecular weight is 430 g/mol. The molecule has 3 rings (SSSR count). The third-order valence-electron chi connectivity index (χ3n) is 4.66. The molecule has 0 unspecified atom stereocenters. The molecule has 9 nitrogen and oxygen atoms in total. The Morgan fingerprint density at radius 1 is 1.00 bits per heavy atom. The van der Waals surface area contributed by atoms with Crippen molar-refractivity contribution >= 4 is 11.8 Å². The van der Waals surface area contributed by atoms with E-state index in [2.05, 4.69) is 10.6 Å². The van der Waals surface area contributed by atoms with Crippen molar-refractivity contribution in [1.29, 1.82) is 0 Å². The van der Waals surface area contributed by atoms with Crippen molar-refractivity contribution in [2.24, 2.45) is 0 Å². The molecule has 166 valence electrons. The Morgan fingerprint density at radius 3 is 2.32 bits per heavy atom. The molecule has 0 spiro atoms. The molecule has 1 atom stereocenters. The highest BCUT2D eigenvalue weighted by Gasteiger charge is 2.21. The molecule has 1 aliphatic rings. The molecule has 2 aromatic rings. The van der Waals surface area contributed by atoms with Crippen LogP contribution in [0.2, 0.25) is 0 Å². The Hall–Kier alpha value is -3.62. The molecule has 1 aliphatic heterocycles. The summed E-state index contributed by atoms with van der Waals surface area (Å²) in [6.45, 7) is 0.843. The molecule has 9 heteroatoms. The predicted molar refractivity (Wildman–Crippen MR) is 112 cm³/mol. The highest BCUT2D eigenvalue weighted by atomic mass is 16.6. The summed E-state index contributed by atoms with van der Waals surface area (Å²) in [5, 5.41) is 5.51. The van der Waals surface area contributed by atoms with Gasteiger partial charge in [0, 0.05) is 18.5 Å². The summed E-state index contributed by atoms with van der Waals surface area (Å²) in [5.74, 6) is 1.95. The van der Waals surface area contributed by atoms with Crippen molar-refractivity contribution in [2.45, 2.75) is 12.5 Å². The van der Waals surface area contributed by atoms with E-state index in [1.54, 1.807) is 12.1 Å². The average Bonchev–Trinajstić information content (AvgIpc) is 2.81. The van der Waals surface area contributed by atoms with E-state index in [4.69, 9.17) is 23.7 Å². The topological polar surface area (TPSA) is 104 Å². The van der Waals surface area contributed by atoms with Crippen LogP contribution in [-0.2, 0) is 4.79 Å². The van der Waals surface area contributed by atoms with E-state index in [0.717, 1.165) is 0 Å². The third-order valence-corrected chi connectivity index (χ3v) is 4.66. The summed E-state index contributed by atoms with van der Waals surface area (Å²) in [6.07, 6.45) is -0.145. The molecule has 0 fully saturated rings. The fraction of sp³-hybridized carbons (Fsp3) is 0.364. The fourth-order valence-electron chi connectivity index (χ4n) is 3.08. The molecule has 2 N–H and O–H groups in total. The van der Waals surface area contributed by atoms with Crippen molar-refractivity contribution in [3.8, 4) is 28.7 Å². The molecule has 0 aliphatic carbocycles. The number of hydrogen-bond donors (Lipinski definition) is 2. The van der Waals surface area contributed by atoms with Crippen LogP contribution in [-0.4, -0.2) is 58.9 Å². The summed E-state index contributed by atoms with van der Waals surface area (Å²) in [4.78, 5) is 24.6. The van der Waals surface area contributed by atoms with Crippen LogP contribution in [0.1, 0.15) is 16.8 Å². The number of para-hydroxylation sites is 2. The number of hydrogen-bond acceptors (Lipinski definition) is 7. The van der Waals surface area contributed by atoms with Crippen molar-refractivity contribution in [2.75, 3.05) is 41.0 Å². The minimum Gasteiger partial charge on any atom is -0.493 e. The van der Waals surface area contributed by atoms with Crippen molar-refractivity contribution < 1.29 is 33.3 Å². The van der Waals surface area contributed by atoms with Gasteiger partial charge in [-0.25, -0.2) is 0 Å². The number of carbonyl (C=O) groups is 2. The quantitative estimate of drug-likeness (QED) is 0.625. The fourth-order valence-corrected chi connectivity index (χ4v) is 3.08. The molecule has 0 radical (unpaired) electrons. The van der Waals surface area contributed by atoms with Gasteiger partial charge >= 0.3 is 0 Å². The number of nitrogens with one attached hydrogen (secondary N) is 2. The monoisotopic (exact) mass is 430 g/mol. The second-order valence-electron chi connectivity index (χ2n) is 6.72. The van der Waals surface area contributed by atoms with E-state index in [-0.39, 0.29) is 30.9 Å². The molecular formula is C22H26N2O7. The first-order valence-electron chi connectivity index (χ1n) is 9.79. The summed E-state index contributed by atoms with van der Waals surface area (Å²) in [7, 11) is 4.44. The molecule has 0 bridgehead atoms.